The summed E-state index contributed by atoms with van der Waals surface area (Å²) in [4.78, 5) is 9.95. The van der Waals surface area contributed by atoms with Gasteiger partial charge in [0.25, 0.3) is 0 Å². The minimum absolute atomic E-state index is 0.219. The molecule has 1 fully saturated rings. The third-order valence-electron chi connectivity index (χ3n) is 5.73. The molecule has 2 unspecified atom stereocenters. The highest BCUT2D eigenvalue weighted by Crippen LogP contribution is 2.29. The molecule has 0 saturated heterocycles. The van der Waals surface area contributed by atoms with Crippen LogP contribution in [-0.4, -0.2) is 40.4 Å². The van der Waals surface area contributed by atoms with Crippen LogP contribution in [0.4, 0.5) is 0 Å². The summed E-state index contributed by atoms with van der Waals surface area (Å²) >= 11 is -0.692. The minimum Gasteiger partial charge on any atom is -0.615 e. The topological polar surface area (TPSA) is 43.2 Å². The first-order valence-electron chi connectivity index (χ1n) is 10.4. The molecule has 1 aliphatic carbocycles. The van der Waals surface area contributed by atoms with Crippen molar-refractivity contribution < 1.29 is 7.58 Å². The third kappa shape index (κ3) is 4.57. The quantitative estimate of drug-likeness (QED) is 0.576. The SMILES string of the molecule is Cc1cc(C)c2c(c1)C=NC1CCCCC1N=Cc1cc(C)cc(C)c1[O][Al][O]2. The number of rotatable bonds is 0. The van der Waals surface area contributed by atoms with Gasteiger partial charge >= 0.3 is 15.9 Å². The molecule has 1 aliphatic heterocycles. The Morgan fingerprint density at radius 3 is 1.62 bits per heavy atom. The molecule has 0 spiro atoms. The number of fused-ring (bicyclic) bond motifs is 3. The maximum Gasteiger partial charge on any atom is 0.881 e. The minimum atomic E-state index is -0.692. The fraction of sp³-hybridized carbons (Fsp3) is 0.417. The van der Waals surface area contributed by atoms with Gasteiger partial charge in [0.15, 0.2) is 0 Å². The van der Waals surface area contributed by atoms with E-state index in [2.05, 4.69) is 52.0 Å². The van der Waals surface area contributed by atoms with Crippen molar-refractivity contribution in [3.8, 4) is 11.5 Å². The second-order valence-corrected chi connectivity index (χ2v) is 8.97. The monoisotopic (exact) mass is 403 g/mol. The number of aryl methyl sites for hydroxylation is 4. The van der Waals surface area contributed by atoms with Gasteiger partial charge in [-0.15, -0.1) is 0 Å². The van der Waals surface area contributed by atoms with Gasteiger partial charge in [-0.25, -0.2) is 0 Å². The standard InChI is InChI=1S/C24H30N2O2.Al/c1-15-9-17(3)23(27)19(11-15)13-25-21-7-5-6-8-22(21)26-14-20-12-16(2)10-18(4)24(20)28;/h9-14,21-22,27-28H,5-8H2,1-4H3;/q;+2/p-2. The van der Waals surface area contributed by atoms with Gasteiger partial charge in [0.2, 0.25) is 0 Å². The molecule has 4 nitrogen and oxygen atoms in total. The van der Waals surface area contributed by atoms with Crippen LogP contribution in [0.15, 0.2) is 34.3 Å². The highest BCUT2D eigenvalue weighted by molar-refractivity contribution is 6.21. The average molecular weight is 403 g/mol. The van der Waals surface area contributed by atoms with Crippen LogP contribution in [0.5, 0.6) is 11.5 Å². The zero-order valence-electron chi connectivity index (χ0n) is 17.7. The molecule has 2 aromatic rings. The predicted molar refractivity (Wildman–Crippen MR) is 120 cm³/mol. The molecule has 2 aromatic carbocycles. The van der Waals surface area contributed by atoms with E-state index in [1.807, 2.05) is 12.4 Å². The van der Waals surface area contributed by atoms with E-state index in [9.17, 15) is 0 Å². The number of nitrogens with zero attached hydrogens (tertiary/aromatic N) is 2. The molecule has 0 N–H and O–H groups in total. The Bertz CT molecular complexity index is 890. The van der Waals surface area contributed by atoms with Gasteiger partial charge in [-0.2, -0.15) is 0 Å². The van der Waals surface area contributed by atoms with Gasteiger partial charge in [-0.3, -0.25) is 9.98 Å². The van der Waals surface area contributed by atoms with Crippen molar-refractivity contribution in [3.63, 3.8) is 0 Å². The van der Waals surface area contributed by atoms with E-state index in [1.54, 1.807) is 0 Å². The molecule has 1 heterocycles. The van der Waals surface area contributed by atoms with Crippen molar-refractivity contribution in [2.75, 3.05) is 0 Å². The van der Waals surface area contributed by atoms with E-state index in [4.69, 9.17) is 17.6 Å². The Balaban J connectivity index is 1.79. The van der Waals surface area contributed by atoms with E-state index < -0.39 is 15.9 Å². The van der Waals surface area contributed by atoms with Crippen LogP contribution in [-0.2, 0) is 0 Å². The van der Waals surface area contributed by atoms with Crippen molar-refractivity contribution in [1.82, 2.24) is 0 Å². The molecular formula is C24H28AlN2O2. The van der Waals surface area contributed by atoms with Crippen molar-refractivity contribution in [1.29, 1.82) is 0 Å². The summed E-state index contributed by atoms with van der Waals surface area (Å²) in [6, 6.07) is 9.04. The van der Waals surface area contributed by atoms with Gasteiger partial charge in [0.1, 0.15) is 0 Å². The molecule has 1 radical (unpaired) electrons. The highest BCUT2D eigenvalue weighted by Gasteiger charge is 2.24. The van der Waals surface area contributed by atoms with Crippen LogP contribution in [0, 0.1) is 27.7 Å². The van der Waals surface area contributed by atoms with E-state index in [0.717, 1.165) is 46.6 Å². The van der Waals surface area contributed by atoms with Crippen LogP contribution < -0.4 is 7.58 Å². The van der Waals surface area contributed by atoms with Crippen molar-refractivity contribution in [2.45, 2.75) is 65.5 Å². The molecule has 2 aliphatic rings. The zero-order valence-corrected chi connectivity index (χ0v) is 18.9. The summed E-state index contributed by atoms with van der Waals surface area (Å²) in [5, 5.41) is 0. The van der Waals surface area contributed by atoms with Gasteiger partial charge in [-0.05, 0) is 74.9 Å². The molecule has 0 aromatic heterocycles. The van der Waals surface area contributed by atoms with Crippen LogP contribution in [0.1, 0.15) is 59.1 Å². The predicted octanol–water partition coefficient (Wildman–Crippen LogP) is 5.07. The molecule has 2 atom stereocenters. The molecule has 0 bridgehead atoms. The first-order chi connectivity index (χ1) is 14.0. The molecule has 1 saturated carbocycles. The van der Waals surface area contributed by atoms with Crippen molar-refractivity contribution in [2.24, 2.45) is 9.98 Å². The van der Waals surface area contributed by atoms with Crippen LogP contribution in [0.25, 0.3) is 0 Å². The maximum atomic E-state index is 6.19. The lowest BCUT2D eigenvalue weighted by Crippen LogP contribution is -2.27. The van der Waals surface area contributed by atoms with E-state index in [-0.39, 0.29) is 12.1 Å². The fourth-order valence-corrected chi connectivity index (χ4v) is 5.28. The molecule has 0 amide bonds. The Labute approximate surface area is 180 Å². The lowest BCUT2D eigenvalue weighted by Gasteiger charge is -2.25. The summed E-state index contributed by atoms with van der Waals surface area (Å²) in [7, 11) is 0. The van der Waals surface area contributed by atoms with Crippen LogP contribution in [0.3, 0.4) is 0 Å². The van der Waals surface area contributed by atoms with Gasteiger partial charge in [0.05, 0.1) is 23.6 Å². The lowest BCUT2D eigenvalue weighted by atomic mass is 9.91. The summed E-state index contributed by atoms with van der Waals surface area (Å²) in [5.74, 6) is 1.77. The van der Waals surface area contributed by atoms with Gasteiger partial charge < -0.3 is 7.58 Å². The second kappa shape index (κ2) is 8.73. The first-order valence-corrected chi connectivity index (χ1v) is 11.4. The normalized spacial score (nSPS) is 21.1. The van der Waals surface area contributed by atoms with E-state index in [1.165, 1.54) is 24.0 Å². The van der Waals surface area contributed by atoms with Gasteiger partial charge in [-0.1, -0.05) is 25.0 Å². The van der Waals surface area contributed by atoms with Gasteiger partial charge in [0, 0.05) is 23.6 Å². The fourth-order valence-electron chi connectivity index (χ4n) is 4.40. The second-order valence-electron chi connectivity index (χ2n) is 8.31. The summed E-state index contributed by atoms with van der Waals surface area (Å²) < 4.78 is 12.4. The average Bonchev–Trinajstić information content (AvgIpc) is 2.69. The van der Waals surface area contributed by atoms with Crippen molar-refractivity contribution >= 4 is 28.3 Å². The lowest BCUT2D eigenvalue weighted by molar-refractivity contribution is 0.390. The van der Waals surface area contributed by atoms with E-state index in [0.29, 0.717) is 0 Å². The summed E-state index contributed by atoms with van der Waals surface area (Å²) in [6.07, 6.45) is 8.59. The molecule has 29 heavy (non-hydrogen) atoms. The summed E-state index contributed by atoms with van der Waals surface area (Å²) in [5.41, 5.74) is 6.74. The van der Waals surface area contributed by atoms with E-state index >= 15 is 0 Å². The maximum absolute atomic E-state index is 6.19. The largest absolute Gasteiger partial charge is 0.881 e. The zero-order chi connectivity index (χ0) is 20.4. The highest BCUT2D eigenvalue weighted by atomic mass is 27.2. The Morgan fingerprint density at radius 1 is 0.724 bits per heavy atom. The molecule has 5 heteroatoms. The number of aliphatic imine (C=N–C) groups is 2. The first kappa shape index (κ1) is 20.2. The molecule has 149 valence electrons. The Morgan fingerprint density at radius 2 is 1.17 bits per heavy atom. The Kier molecular flexibility index (Phi) is 6.08. The molecule has 4 rings (SSSR count). The smallest absolute Gasteiger partial charge is 0.615 e. The van der Waals surface area contributed by atoms with Crippen LogP contribution >= 0.6 is 0 Å². The molecular weight excluding hydrogens is 375 g/mol. The number of hydrogen-bond acceptors (Lipinski definition) is 4. The summed E-state index contributed by atoms with van der Waals surface area (Å²) in [6.45, 7) is 8.40. The Hall–Kier alpha value is -2.09. The van der Waals surface area contributed by atoms with Crippen molar-refractivity contribution in [3.05, 3.63) is 57.6 Å². The number of benzene rings is 2. The van der Waals surface area contributed by atoms with Crippen LogP contribution in [0.2, 0.25) is 0 Å². The number of hydrogen-bond donors (Lipinski definition) is 0. The third-order valence-corrected chi connectivity index (χ3v) is 6.40.